The van der Waals surface area contributed by atoms with Gasteiger partial charge in [0, 0.05) is 7.05 Å². The molecule has 3 unspecified atom stereocenters. The standard InChI is InChI=1S/C21H28N10O13P2/c1-24-10-17(28-21(23)29-18(10)34)30(2)19-11(32)13-7(41-19)3-39-46(37,38)44-14-8(4-40-45(35,36)43-13)42-20(12(14)33)31-6-27-9-15(22)25-5-26-16(9)31/h5-8,11-14,19-20,32-33H,1,3-4H2,2H3,(H,35,36)(H,37,38)(H2,22,25,26)(H3,23,28,29,34)/t7?,8-,11-,12-,13-,14-,19-,20-/m1/s1. The van der Waals surface area contributed by atoms with Gasteiger partial charge in [-0.05, 0) is 6.72 Å². The third kappa shape index (κ3) is 5.92. The Morgan fingerprint density at radius 1 is 1.04 bits per heavy atom. The molecular weight excluding hydrogens is 662 g/mol. The molecule has 250 valence electrons. The summed E-state index contributed by atoms with van der Waals surface area (Å²) in [6.45, 7) is 1.65. The summed E-state index contributed by atoms with van der Waals surface area (Å²) >= 11 is 0. The number of aliphatic hydroxyl groups is 2. The second-order valence-electron chi connectivity index (χ2n) is 10.3. The number of imidazole rings is 1. The van der Waals surface area contributed by atoms with Gasteiger partial charge in [-0.2, -0.15) is 4.98 Å². The summed E-state index contributed by atoms with van der Waals surface area (Å²) in [7, 11) is -8.80. The Bertz CT molecular complexity index is 1810. The van der Waals surface area contributed by atoms with E-state index in [1.54, 1.807) is 0 Å². The molecule has 6 rings (SSSR count). The van der Waals surface area contributed by atoms with Gasteiger partial charge in [0.05, 0.1) is 19.5 Å². The van der Waals surface area contributed by atoms with Crippen LogP contribution in [0.1, 0.15) is 6.23 Å². The van der Waals surface area contributed by atoms with Gasteiger partial charge < -0.3 is 45.8 Å². The van der Waals surface area contributed by atoms with Gasteiger partial charge in [-0.3, -0.25) is 37.4 Å². The average Bonchev–Trinajstić information content (AvgIpc) is 3.64. The molecule has 0 aliphatic carbocycles. The summed E-state index contributed by atoms with van der Waals surface area (Å²) < 4.78 is 59.8. The fourth-order valence-electron chi connectivity index (χ4n) is 5.26. The van der Waals surface area contributed by atoms with E-state index in [1.807, 2.05) is 0 Å². The first-order valence-electron chi connectivity index (χ1n) is 13.2. The SMILES string of the molecule is C=Nc1c(N(C)[C@@H]2OC3COP(=O)(O)O[C@H]4[C@@H](O)[C@H](n5cnc6c(N)ncnc65)O[C@@H]4COP(=O)(O)O[C@H]3[C@H]2O)nc(N)[nH]c1=O. The van der Waals surface area contributed by atoms with Crippen LogP contribution in [0.25, 0.3) is 11.2 Å². The molecule has 0 spiro atoms. The van der Waals surface area contributed by atoms with Crippen LogP contribution in [0.15, 0.2) is 22.4 Å². The van der Waals surface area contributed by atoms with Gasteiger partial charge in [-0.25, -0.2) is 24.1 Å². The molecule has 46 heavy (non-hydrogen) atoms. The molecule has 3 aliphatic heterocycles. The van der Waals surface area contributed by atoms with Crippen molar-refractivity contribution in [1.29, 1.82) is 0 Å². The van der Waals surface area contributed by atoms with Crippen molar-refractivity contribution in [2.75, 3.05) is 36.6 Å². The summed E-state index contributed by atoms with van der Waals surface area (Å²) in [5.74, 6) is -0.459. The number of aromatic amines is 1. The lowest BCUT2D eigenvalue weighted by Crippen LogP contribution is -2.44. The van der Waals surface area contributed by atoms with Crippen molar-refractivity contribution in [3.63, 3.8) is 0 Å². The van der Waals surface area contributed by atoms with Crippen molar-refractivity contribution in [2.45, 2.75) is 49.1 Å². The third-order valence-corrected chi connectivity index (χ3v) is 9.33. The van der Waals surface area contributed by atoms with Crippen LogP contribution in [-0.4, -0.2) is 119 Å². The number of nitrogens with zero attached hydrogens (tertiary/aromatic N) is 7. The number of hydrogen-bond acceptors (Lipinski definition) is 19. The van der Waals surface area contributed by atoms with Gasteiger partial charge >= 0.3 is 15.6 Å². The molecule has 25 heteroatoms. The van der Waals surface area contributed by atoms with Crippen LogP contribution in [-0.2, 0) is 36.7 Å². The Hall–Kier alpha value is -3.44. The molecule has 9 N–H and O–H groups in total. The fraction of sp³-hybridized carbons (Fsp3) is 0.524. The monoisotopic (exact) mass is 690 g/mol. The number of nitrogens with one attached hydrogen (secondary N) is 1. The lowest BCUT2D eigenvalue weighted by atomic mass is 10.1. The van der Waals surface area contributed by atoms with E-state index in [9.17, 15) is 33.9 Å². The van der Waals surface area contributed by atoms with Crippen molar-refractivity contribution in [2.24, 2.45) is 4.99 Å². The second kappa shape index (κ2) is 12.0. The Labute approximate surface area is 257 Å². The van der Waals surface area contributed by atoms with Crippen LogP contribution in [0, 0.1) is 0 Å². The van der Waals surface area contributed by atoms with Gasteiger partial charge in [-0.15, -0.1) is 0 Å². The number of aliphatic imine (C=N–C) groups is 1. The van der Waals surface area contributed by atoms with E-state index in [1.165, 1.54) is 17.9 Å². The molecule has 3 aliphatic rings. The summed E-state index contributed by atoms with van der Waals surface area (Å²) in [5, 5.41) is 22.3. The maximum atomic E-state index is 13.1. The summed E-state index contributed by atoms with van der Waals surface area (Å²) in [6.07, 6.45) is -10.3. The predicted molar refractivity (Wildman–Crippen MR) is 153 cm³/mol. The molecule has 0 saturated carbocycles. The smallest absolute Gasteiger partial charge is 0.386 e. The van der Waals surface area contributed by atoms with E-state index in [0.717, 1.165) is 11.2 Å². The first kappa shape index (κ1) is 32.5. The molecule has 23 nitrogen and oxygen atoms in total. The molecule has 3 aromatic rings. The van der Waals surface area contributed by atoms with E-state index in [4.69, 9.17) is 39.0 Å². The quantitative estimate of drug-likeness (QED) is 0.114. The third-order valence-electron chi connectivity index (χ3n) is 7.36. The van der Waals surface area contributed by atoms with Crippen LogP contribution in [0.5, 0.6) is 0 Å². The van der Waals surface area contributed by atoms with Gasteiger partial charge in [-0.1, -0.05) is 0 Å². The number of nitrogens with two attached hydrogens (primary N) is 2. The molecule has 3 saturated heterocycles. The number of anilines is 3. The number of aromatic nitrogens is 6. The highest BCUT2D eigenvalue weighted by molar-refractivity contribution is 7.47. The summed E-state index contributed by atoms with van der Waals surface area (Å²) in [4.78, 5) is 56.5. The maximum absolute atomic E-state index is 13.1. The molecule has 0 bridgehead atoms. The molecule has 6 heterocycles. The minimum atomic E-state index is -5.07. The molecule has 3 fully saturated rings. The van der Waals surface area contributed by atoms with Crippen molar-refractivity contribution in [1.82, 2.24) is 29.5 Å². The van der Waals surface area contributed by atoms with Crippen LogP contribution in [0.4, 0.5) is 23.3 Å². The Morgan fingerprint density at radius 3 is 2.33 bits per heavy atom. The number of aliphatic hydroxyl groups excluding tert-OH is 2. The molecular formula is C21H28N10O13P2. The highest BCUT2D eigenvalue weighted by Gasteiger charge is 2.54. The molecule has 3 aromatic heterocycles. The van der Waals surface area contributed by atoms with Crippen molar-refractivity contribution >= 4 is 56.8 Å². The lowest BCUT2D eigenvalue weighted by molar-refractivity contribution is -0.0626. The number of rotatable bonds is 4. The molecule has 0 aromatic carbocycles. The first-order chi connectivity index (χ1) is 21.7. The second-order valence-corrected chi connectivity index (χ2v) is 13.1. The number of fused-ring (bicyclic) bond motifs is 3. The number of hydrogen-bond donors (Lipinski definition) is 7. The Morgan fingerprint density at radius 2 is 1.67 bits per heavy atom. The zero-order chi connectivity index (χ0) is 33.1. The van der Waals surface area contributed by atoms with Crippen LogP contribution < -0.4 is 21.9 Å². The summed E-state index contributed by atoms with van der Waals surface area (Å²) in [5.41, 5.74) is 10.7. The Kier molecular flexibility index (Phi) is 8.46. The van der Waals surface area contributed by atoms with E-state index < -0.39 is 83.5 Å². The predicted octanol–water partition coefficient (Wildman–Crippen LogP) is -2.10. The van der Waals surface area contributed by atoms with Gasteiger partial charge in [0.1, 0.15) is 48.5 Å². The lowest BCUT2D eigenvalue weighted by Gasteiger charge is -2.28. The van der Waals surface area contributed by atoms with Crippen LogP contribution in [0.2, 0.25) is 0 Å². The van der Waals surface area contributed by atoms with Gasteiger partial charge in [0.15, 0.2) is 35.4 Å². The minimum Gasteiger partial charge on any atom is -0.386 e. The highest BCUT2D eigenvalue weighted by atomic mass is 31.2. The number of nitrogen functional groups attached to an aromatic ring is 2. The number of H-pyrrole nitrogens is 1. The number of phosphoric acid groups is 2. The van der Waals surface area contributed by atoms with Crippen molar-refractivity contribution in [3.8, 4) is 0 Å². The molecule has 0 radical (unpaired) electrons. The fourth-order valence-corrected chi connectivity index (χ4v) is 7.19. The van der Waals surface area contributed by atoms with Crippen molar-refractivity contribution < 1.29 is 56.7 Å². The minimum absolute atomic E-state index is 0.0351. The highest BCUT2D eigenvalue weighted by Crippen LogP contribution is 2.53. The molecule has 0 amide bonds. The average molecular weight is 690 g/mol. The Balaban J connectivity index is 1.27. The van der Waals surface area contributed by atoms with E-state index in [0.29, 0.717) is 0 Å². The van der Waals surface area contributed by atoms with E-state index in [2.05, 4.69) is 36.6 Å². The molecule has 10 atom stereocenters. The summed E-state index contributed by atoms with van der Waals surface area (Å²) in [6, 6.07) is 0. The normalized spacial score (nSPS) is 36.8. The number of likely N-dealkylation sites (N-methyl/N-ethyl adjacent to an activating group) is 1. The van der Waals surface area contributed by atoms with Crippen LogP contribution in [0.3, 0.4) is 0 Å². The van der Waals surface area contributed by atoms with Gasteiger partial charge in [0.25, 0.3) is 5.56 Å². The largest absolute Gasteiger partial charge is 0.472 e. The first-order valence-corrected chi connectivity index (χ1v) is 16.2. The number of ether oxygens (including phenoxy) is 2. The van der Waals surface area contributed by atoms with Gasteiger partial charge in [0.2, 0.25) is 5.95 Å². The van der Waals surface area contributed by atoms with E-state index >= 15 is 0 Å². The maximum Gasteiger partial charge on any atom is 0.472 e. The zero-order valence-electron chi connectivity index (χ0n) is 23.5. The van der Waals surface area contributed by atoms with Crippen molar-refractivity contribution in [3.05, 3.63) is 23.0 Å². The zero-order valence-corrected chi connectivity index (χ0v) is 25.3. The van der Waals surface area contributed by atoms with Crippen LogP contribution >= 0.6 is 15.6 Å². The topological polar surface area (TPSA) is 327 Å². The van der Waals surface area contributed by atoms with E-state index in [-0.39, 0.29) is 34.4 Å². The number of phosphoric ester groups is 2.